The predicted octanol–water partition coefficient (Wildman–Crippen LogP) is 1.93. The van der Waals surface area contributed by atoms with Gasteiger partial charge in [-0.2, -0.15) is 5.10 Å². The summed E-state index contributed by atoms with van der Waals surface area (Å²) in [6.07, 6.45) is 4.76. The molecule has 5 heteroatoms. The van der Waals surface area contributed by atoms with Crippen LogP contribution >= 0.6 is 15.9 Å². The van der Waals surface area contributed by atoms with Crippen LogP contribution in [0.5, 0.6) is 0 Å². The summed E-state index contributed by atoms with van der Waals surface area (Å²) < 4.78 is 1.05. The first-order valence-corrected chi connectivity index (χ1v) is 5.62. The molecule has 0 atom stereocenters. The quantitative estimate of drug-likeness (QED) is 0.794. The van der Waals surface area contributed by atoms with Crippen LogP contribution in [0.3, 0.4) is 0 Å². The first kappa shape index (κ1) is 10.4. The Morgan fingerprint density at radius 1 is 1.53 bits per heavy atom. The van der Waals surface area contributed by atoms with Gasteiger partial charge in [0.25, 0.3) is 0 Å². The fourth-order valence-corrected chi connectivity index (χ4v) is 2.05. The Balaban J connectivity index is 2.24. The van der Waals surface area contributed by atoms with Gasteiger partial charge in [-0.25, -0.2) is 0 Å². The van der Waals surface area contributed by atoms with Gasteiger partial charge in [-0.05, 0) is 29.0 Å². The summed E-state index contributed by atoms with van der Waals surface area (Å²) in [6.45, 7) is 0.938. The van der Waals surface area contributed by atoms with Crippen molar-refractivity contribution in [1.82, 2.24) is 20.5 Å². The van der Waals surface area contributed by atoms with Crippen molar-refractivity contribution in [3.63, 3.8) is 0 Å². The van der Waals surface area contributed by atoms with Crippen molar-refractivity contribution in [2.75, 3.05) is 13.6 Å². The zero-order chi connectivity index (χ0) is 10.7. The van der Waals surface area contributed by atoms with E-state index in [1.54, 1.807) is 0 Å². The topological polar surface area (TPSA) is 56.5 Å². The molecule has 0 aliphatic carbocycles. The molecule has 0 radical (unpaired) electrons. The largest absolute Gasteiger partial charge is 0.367 e. The summed E-state index contributed by atoms with van der Waals surface area (Å²) in [5.74, 6) is 0. The molecule has 0 amide bonds. The Hall–Kier alpha value is -1.07. The average Bonchev–Trinajstić information content (AvgIpc) is 2.84. The van der Waals surface area contributed by atoms with E-state index in [0.29, 0.717) is 0 Å². The van der Waals surface area contributed by atoms with E-state index in [0.717, 1.165) is 34.4 Å². The van der Waals surface area contributed by atoms with Gasteiger partial charge in [0.1, 0.15) is 5.69 Å². The molecule has 0 aromatic carbocycles. The molecule has 0 fully saturated rings. The van der Waals surface area contributed by atoms with Crippen LogP contribution in [-0.2, 0) is 6.42 Å². The highest BCUT2D eigenvalue weighted by Crippen LogP contribution is 2.28. The SMILES string of the molecule is CNCCc1[nH]nc(-c2cc[nH]c2)c1Br. The van der Waals surface area contributed by atoms with Crippen LogP contribution in [0.1, 0.15) is 5.69 Å². The van der Waals surface area contributed by atoms with Crippen LogP contribution in [0.25, 0.3) is 11.3 Å². The minimum atomic E-state index is 0.938. The van der Waals surface area contributed by atoms with Crippen molar-refractivity contribution >= 4 is 15.9 Å². The molecule has 0 saturated carbocycles. The van der Waals surface area contributed by atoms with Gasteiger partial charge in [-0.15, -0.1) is 0 Å². The summed E-state index contributed by atoms with van der Waals surface area (Å²) in [4.78, 5) is 3.02. The van der Waals surface area contributed by atoms with E-state index in [2.05, 4.69) is 36.4 Å². The van der Waals surface area contributed by atoms with Crippen molar-refractivity contribution in [2.45, 2.75) is 6.42 Å². The zero-order valence-electron chi connectivity index (χ0n) is 8.47. The van der Waals surface area contributed by atoms with Crippen LogP contribution in [0.4, 0.5) is 0 Å². The Labute approximate surface area is 96.6 Å². The number of nitrogens with one attached hydrogen (secondary N) is 3. The van der Waals surface area contributed by atoms with Gasteiger partial charge in [0.15, 0.2) is 0 Å². The smallest absolute Gasteiger partial charge is 0.108 e. The van der Waals surface area contributed by atoms with Crippen LogP contribution in [-0.4, -0.2) is 28.8 Å². The Bertz CT molecular complexity index is 419. The fourth-order valence-electron chi connectivity index (χ4n) is 1.44. The van der Waals surface area contributed by atoms with Crippen molar-refractivity contribution in [3.05, 3.63) is 28.6 Å². The number of hydrogen-bond acceptors (Lipinski definition) is 2. The maximum absolute atomic E-state index is 4.29. The molecular formula is C10H13BrN4. The number of nitrogens with zero attached hydrogens (tertiary/aromatic N) is 1. The second-order valence-electron chi connectivity index (χ2n) is 3.32. The van der Waals surface area contributed by atoms with Gasteiger partial charge in [-0.3, -0.25) is 5.10 Å². The first-order chi connectivity index (χ1) is 7.33. The maximum atomic E-state index is 4.29. The Morgan fingerprint density at radius 2 is 2.40 bits per heavy atom. The van der Waals surface area contributed by atoms with E-state index < -0.39 is 0 Å². The van der Waals surface area contributed by atoms with Crippen LogP contribution in [0, 0.1) is 0 Å². The van der Waals surface area contributed by atoms with Crippen molar-refractivity contribution < 1.29 is 0 Å². The van der Waals surface area contributed by atoms with Crippen LogP contribution < -0.4 is 5.32 Å². The lowest BCUT2D eigenvalue weighted by atomic mass is 10.2. The second-order valence-corrected chi connectivity index (χ2v) is 4.11. The second kappa shape index (κ2) is 4.63. The molecule has 0 bridgehead atoms. The highest BCUT2D eigenvalue weighted by molar-refractivity contribution is 9.10. The minimum Gasteiger partial charge on any atom is -0.367 e. The number of aromatic nitrogens is 3. The van der Waals surface area contributed by atoms with Gasteiger partial charge >= 0.3 is 0 Å². The van der Waals surface area contributed by atoms with Crippen molar-refractivity contribution in [2.24, 2.45) is 0 Å². The lowest BCUT2D eigenvalue weighted by molar-refractivity contribution is 0.770. The third-order valence-electron chi connectivity index (χ3n) is 2.27. The molecule has 0 unspecified atom stereocenters. The van der Waals surface area contributed by atoms with E-state index >= 15 is 0 Å². The highest BCUT2D eigenvalue weighted by atomic mass is 79.9. The summed E-state index contributed by atoms with van der Waals surface area (Å²) in [6, 6.07) is 2.00. The minimum absolute atomic E-state index is 0.938. The van der Waals surface area contributed by atoms with Crippen LogP contribution in [0.2, 0.25) is 0 Å². The lowest BCUT2D eigenvalue weighted by Gasteiger charge is -1.97. The maximum Gasteiger partial charge on any atom is 0.108 e. The molecule has 0 aliphatic rings. The number of aromatic amines is 2. The molecule has 0 saturated heterocycles. The zero-order valence-corrected chi connectivity index (χ0v) is 10.1. The van der Waals surface area contributed by atoms with Crippen LogP contribution in [0.15, 0.2) is 22.9 Å². The molecule has 3 N–H and O–H groups in total. The molecule has 0 aliphatic heterocycles. The molecular weight excluding hydrogens is 256 g/mol. The van der Waals surface area contributed by atoms with E-state index in [1.807, 2.05) is 25.5 Å². The van der Waals surface area contributed by atoms with E-state index in [-0.39, 0.29) is 0 Å². The fraction of sp³-hybridized carbons (Fsp3) is 0.300. The number of H-pyrrole nitrogens is 2. The van der Waals surface area contributed by atoms with E-state index in [1.165, 1.54) is 0 Å². The number of hydrogen-bond donors (Lipinski definition) is 3. The van der Waals surface area contributed by atoms with Crippen molar-refractivity contribution in [3.8, 4) is 11.3 Å². The summed E-state index contributed by atoms with van der Waals surface area (Å²) in [7, 11) is 1.94. The van der Waals surface area contributed by atoms with Gasteiger partial charge < -0.3 is 10.3 Å². The lowest BCUT2D eigenvalue weighted by Crippen LogP contribution is -2.10. The molecule has 2 aromatic heterocycles. The molecule has 2 heterocycles. The standard InChI is InChI=1S/C10H13BrN4/c1-12-4-3-8-9(11)10(15-14-8)7-2-5-13-6-7/h2,5-6,12-13H,3-4H2,1H3,(H,14,15). The number of likely N-dealkylation sites (N-methyl/N-ethyl adjacent to an activating group) is 1. The third-order valence-corrected chi connectivity index (χ3v) is 3.13. The molecule has 15 heavy (non-hydrogen) atoms. The number of rotatable bonds is 4. The highest BCUT2D eigenvalue weighted by Gasteiger charge is 2.11. The molecule has 2 aromatic rings. The number of halogens is 1. The van der Waals surface area contributed by atoms with Gasteiger partial charge in [0.05, 0.1) is 10.2 Å². The molecule has 80 valence electrons. The molecule has 4 nitrogen and oxygen atoms in total. The summed E-state index contributed by atoms with van der Waals surface area (Å²) in [5, 5.41) is 10.5. The monoisotopic (exact) mass is 268 g/mol. The third kappa shape index (κ3) is 2.13. The van der Waals surface area contributed by atoms with Gasteiger partial charge in [0, 0.05) is 30.9 Å². The van der Waals surface area contributed by atoms with Gasteiger partial charge in [0.2, 0.25) is 0 Å². The predicted molar refractivity (Wildman–Crippen MR) is 63.7 cm³/mol. The Kier molecular flexibility index (Phi) is 3.23. The van der Waals surface area contributed by atoms with E-state index in [4.69, 9.17) is 0 Å². The summed E-state index contributed by atoms with van der Waals surface area (Å²) in [5.41, 5.74) is 3.18. The Morgan fingerprint density at radius 3 is 3.07 bits per heavy atom. The molecule has 0 spiro atoms. The first-order valence-electron chi connectivity index (χ1n) is 4.83. The summed E-state index contributed by atoms with van der Waals surface area (Å²) >= 11 is 3.57. The average molecular weight is 269 g/mol. The van der Waals surface area contributed by atoms with E-state index in [9.17, 15) is 0 Å². The van der Waals surface area contributed by atoms with Crippen molar-refractivity contribution in [1.29, 1.82) is 0 Å². The normalized spacial score (nSPS) is 10.8. The molecule has 2 rings (SSSR count). The van der Waals surface area contributed by atoms with Gasteiger partial charge in [-0.1, -0.05) is 0 Å².